The Balaban J connectivity index is 1.52. The quantitative estimate of drug-likeness (QED) is 0.478. The lowest BCUT2D eigenvalue weighted by atomic mass is 10.1. The Morgan fingerprint density at radius 3 is 2.82 bits per heavy atom. The maximum atomic E-state index is 15.1. The number of fused-ring (bicyclic) bond motifs is 2. The number of nitrogens with zero attached hydrogens (tertiary/aromatic N) is 6. The third-order valence-electron chi connectivity index (χ3n) is 6.01. The molecule has 1 amide bonds. The first-order valence-electron chi connectivity index (χ1n) is 10.7. The molecule has 1 aliphatic rings. The van der Waals surface area contributed by atoms with Crippen molar-refractivity contribution in [3.8, 4) is 5.88 Å². The molecule has 4 aromatic rings. The molecule has 1 aromatic carbocycles. The van der Waals surface area contributed by atoms with E-state index in [1.165, 1.54) is 17.7 Å². The summed E-state index contributed by atoms with van der Waals surface area (Å²) in [5, 5.41) is 11.3. The summed E-state index contributed by atoms with van der Waals surface area (Å²) in [5.74, 6) is -1.37. The van der Waals surface area contributed by atoms with E-state index >= 15 is 4.39 Å². The SMILES string of the molecule is CN[C@H]1CCN(c2ccc(C(=O)Nc3nc(OC)c4nc(C)cn4c3F)c3nn(C)cc23)C1. The summed E-state index contributed by atoms with van der Waals surface area (Å²) in [7, 11) is 5.20. The summed E-state index contributed by atoms with van der Waals surface area (Å²) < 4.78 is 23.2. The number of anilines is 2. The molecule has 0 aliphatic carbocycles. The minimum Gasteiger partial charge on any atom is -0.478 e. The third kappa shape index (κ3) is 3.54. The molecule has 4 heterocycles. The topological polar surface area (TPSA) is 102 Å². The van der Waals surface area contributed by atoms with Crippen LogP contribution in [0.3, 0.4) is 0 Å². The third-order valence-corrected chi connectivity index (χ3v) is 6.01. The number of aryl methyl sites for hydroxylation is 2. The number of aromatic nitrogens is 5. The first kappa shape index (κ1) is 21.1. The van der Waals surface area contributed by atoms with Gasteiger partial charge in [-0.05, 0) is 32.5 Å². The van der Waals surface area contributed by atoms with E-state index in [0.29, 0.717) is 22.8 Å². The maximum absolute atomic E-state index is 15.1. The van der Waals surface area contributed by atoms with Gasteiger partial charge in [-0.25, -0.2) is 4.98 Å². The largest absolute Gasteiger partial charge is 0.478 e. The standard InChI is InChI=1S/C22H25FN8O2/c1-12-9-31-18(23)19(27-22(33-4)20(31)25-12)26-21(32)14-5-6-16(15-11-29(3)28-17(14)15)30-8-7-13(10-30)24-2/h5-6,9,11,13,24H,7-8,10H2,1-4H3,(H,26,32)/t13-/m0/s1. The molecule has 5 rings (SSSR count). The van der Waals surface area contributed by atoms with Crippen LogP contribution < -0.4 is 20.3 Å². The van der Waals surface area contributed by atoms with E-state index in [2.05, 4.69) is 30.6 Å². The van der Waals surface area contributed by atoms with Gasteiger partial charge in [0.2, 0.25) is 11.6 Å². The maximum Gasteiger partial charge on any atom is 0.260 e. The fraction of sp³-hybridized carbons (Fsp3) is 0.364. The Labute approximate surface area is 189 Å². The number of methoxy groups -OCH3 is 1. The number of hydrogen-bond acceptors (Lipinski definition) is 7. The second kappa shape index (κ2) is 8.00. The second-order valence-corrected chi connectivity index (χ2v) is 8.21. The van der Waals surface area contributed by atoms with E-state index in [-0.39, 0.29) is 17.3 Å². The molecule has 10 nitrogen and oxygen atoms in total. The Morgan fingerprint density at radius 2 is 2.09 bits per heavy atom. The Bertz CT molecular complexity index is 1380. The van der Waals surface area contributed by atoms with Crippen LogP contribution in [0.2, 0.25) is 0 Å². The number of ether oxygens (including phenoxy) is 1. The van der Waals surface area contributed by atoms with Gasteiger partial charge < -0.3 is 20.3 Å². The first-order chi connectivity index (χ1) is 15.9. The zero-order valence-electron chi connectivity index (χ0n) is 18.9. The van der Waals surface area contributed by atoms with Gasteiger partial charge in [0, 0.05) is 49.6 Å². The number of nitrogens with one attached hydrogen (secondary N) is 2. The van der Waals surface area contributed by atoms with Crippen LogP contribution in [0.4, 0.5) is 15.9 Å². The van der Waals surface area contributed by atoms with Gasteiger partial charge in [0.1, 0.15) is 5.52 Å². The van der Waals surface area contributed by atoms with Crippen molar-refractivity contribution in [1.82, 2.24) is 29.5 Å². The number of carbonyl (C=O) groups is 1. The highest BCUT2D eigenvalue weighted by Gasteiger charge is 2.26. The molecule has 33 heavy (non-hydrogen) atoms. The van der Waals surface area contributed by atoms with E-state index in [1.54, 1.807) is 17.7 Å². The van der Waals surface area contributed by atoms with Crippen molar-refractivity contribution in [3.63, 3.8) is 0 Å². The van der Waals surface area contributed by atoms with Gasteiger partial charge in [-0.2, -0.15) is 14.5 Å². The number of rotatable bonds is 5. The molecule has 0 saturated carbocycles. The zero-order chi connectivity index (χ0) is 23.3. The molecular weight excluding hydrogens is 427 g/mol. The zero-order valence-corrected chi connectivity index (χ0v) is 18.9. The molecule has 0 radical (unpaired) electrons. The van der Waals surface area contributed by atoms with Crippen molar-refractivity contribution in [2.45, 2.75) is 19.4 Å². The van der Waals surface area contributed by atoms with E-state index in [9.17, 15) is 4.79 Å². The van der Waals surface area contributed by atoms with Crippen LogP contribution in [0.1, 0.15) is 22.5 Å². The molecule has 1 atom stereocenters. The molecule has 0 unspecified atom stereocenters. The molecule has 2 N–H and O–H groups in total. The molecule has 1 fully saturated rings. The normalized spacial score (nSPS) is 16.2. The van der Waals surface area contributed by atoms with Crippen molar-refractivity contribution >= 4 is 34.0 Å². The van der Waals surface area contributed by atoms with Crippen molar-refractivity contribution in [2.75, 3.05) is 37.5 Å². The number of carbonyl (C=O) groups excluding carboxylic acids is 1. The molecule has 0 bridgehead atoms. The highest BCUT2D eigenvalue weighted by Crippen LogP contribution is 2.32. The van der Waals surface area contributed by atoms with Gasteiger partial charge in [0.25, 0.3) is 11.8 Å². The lowest BCUT2D eigenvalue weighted by Gasteiger charge is -2.20. The molecule has 1 saturated heterocycles. The average molecular weight is 452 g/mol. The average Bonchev–Trinajstić information content (AvgIpc) is 3.52. The van der Waals surface area contributed by atoms with Crippen LogP contribution in [0.25, 0.3) is 16.6 Å². The van der Waals surface area contributed by atoms with E-state index < -0.39 is 11.9 Å². The minimum absolute atomic E-state index is 0.117. The Kier molecular flexibility index (Phi) is 5.12. The van der Waals surface area contributed by atoms with Gasteiger partial charge in [-0.15, -0.1) is 0 Å². The summed E-state index contributed by atoms with van der Waals surface area (Å²) in [5.41, 5.74) is 2.75. The molecule has 1 aliphatic heterocycles. The number of imidazole rings is 1. The van der Waals surface area contributed by atoms with Gasteiger partial charge in [-0.3, -0.25) is 13.9 Å². The van der Waals surface area contributed by atoms with Crippen molar-refractivity contribution < 1.29 is 13.9 Å². The summed E-state index contributed by atoms with van der Waals surface area (Å²) in [4.78, 5) is 23.8. The van der Waals surface area contributed by atoms with Crippen LogP contribution >= 0.6 is 0 Å². The number of hydrogen-bond donors (Lipinski definition) is 2. The van der Waals surface area contributed by atoms with Crippen LogP contribution in [0, 0.1) is 12.9 Å². The monoisotopic (exact) mass is 452 g/mol. The van der Waals surface area contributed by atoms with E-state index in [0.717, 1.165) is 30.6 Å². The number of halogens is 1. The lowest BCUT2D eigenvalue weighted by molar-refractivity contribution is 0.102. The number of benzene rings is 1. The summed E-state index contributed by atoms with van der Waals surface area (Å²) in [6.07, 6.45) is 4.46. The molecule has 172 valence electrons. The molecular formula is C22H25FN8O2. The summed E-state index contributed by atoms with van der Waals surface area (Å²) in [6, 6.07) is 4.07. The second-order valence-electron chi connectivity index (χ2n) is 8.21. The van der Waals surface area contributed by atoms with Crippen LogP contribution in [0.15, 0.2) is 24.5 Å². The van der Waals surface area contributed by atoms with Crippen LogP contribution in [-0.4, -0.2) is 63.3 Å². The van der Waals surface area contributed by atoms with Crippen molar-refractivity contribution in [1.29, 1.82) is 0 Å². The first-order valence-corrected chi connectivity index (χ1v) is 10.7. The highest BCUT2D eigenvalue weighted by atomic mass is 19.1. The van der Waals surface area contributed by atoms with Crippen molar-refractivity contribution in [2.24, 2.45) is 7.05 Å². The summed E-state index contributed by atoms with van der Waals surface area (Å²) >= 11 is 0. The number of likely N-dealkylation sites (N-methyl/N-ethyl adjacent to an activating group) is 1. The van der Waals surface area contributed by atoms with Gasteiger partial charge in [0.15, 0.2) is 5.82 Å². The lowest BCUT2D eigenvalue weighted by Crippen LogP contribution is -2.29. The highest BCUT2D eigenvalue weighted by molar-refractivity contribution is 6.13. The van der Waals surface area contributed by atoms with Gasteiger partial charge in [0.05, 0.1) is 18.4 Å². The van der Waals surface area contributed by atoms with E-state index in [4.69, 9.17) is 4.74 Å². The van der Waals surface area contributed by atoms with Gasteiger partial charge >= 0.3 is 0 Å². The summed E-state index contributed by atoms with van der Waals surface area (Å²) in [6.45, 7) is 3.54. The fourth-order valence-electron chi connectivity index (χ4n) is 4.38. The van der Waals surface area contributed by atoms with Gasteiger partial charge in [-0.1, -0.05) is 0 Å². The fourth-order valence-corrected chi connectivity index (χ4v) is 4.38. The van der Waals surface area contributed by atoms with Crippen molar-refractivity contribution in [3.05, 3.63) is 41.7 Å². The van der Waals surface area contributed by atoms with E-state index in [1.807, 2.05) is 26.4 Å². The predicted octanol–water partition coefficient (Wildman–Crippen LogP) is 2.12. The number of amides is 1. The smallest absolute Gasteiger partial charge is 0.260 e. The Hall–Kier alpha value is -3.73. The predicted molar refractivity (Wildman–Crippen MR) is 123 cm³/mol. The Morgan fingerprint density at radius 1 is 1.27 bits per heavy atom. The molecule has 11 heteroatoms. The van der Waals surface area contributed by atoms with Crippen LogP contribution in [0.5, 0.6) is 5.88 Å². The minimum atomic E-state index is -0.733. The molecule has 0 spiro atoms. The molecule has 3 aromatic heterocycles. The van der Waals surface area contributed by atoms with Crippen LogP contribution in [-0.2, 0) is 7.05 Å².